The van der Waals surface area contributed by atoms with Crippen molar-refractivity contribution in [2.75, 3.05) is 33.9 Å². The summed E-state index contributed by atoms with van der Waals surface area (Å²) in [7, 11) is 3.01. The minimum atomic E-state index is -0.860. The van der Waals surface area contributed by atoms with Crippen LogP contribution in [0.2, 0.25) is 0 Å². The van der Waals surface area contributed by atoms with Crippen molar-refractivity contribution in [1.82, 2.24) is 20.9 Å². The fourth-order valence-corrected chi connectivity index (χ4v) is 5.28. The van der Waals surface area contributed by atoms with E-state index >= 15 is 0 Å². The molecular formula is C32H42N4O8. The molecular weight excluding hydrogens is 568 g/mol. The van der Waals surface area contributed by atoms with Crippen molar-refractivity contribution in [1.29, 1.82) is 0 Å². The quantitative estimate of drug-likeness (QED) is 0.411. The predicted octanol–water partition coefficient (Wildman–Crippen LogP) is 2.38. The normalized spacial score (nSPS) is 21.9. The number of rotatable bonds is 4. The Balaban J connectivity index is 1.64. The van der Waals surface area contributed by atoms with Crippen LogP contribution in [0.1, 0.15) is 55.5 Å². The average Bonchev–Trinajstić information content (AvgIpc) is 2.99. The third-order valence-corrected chi connectivity index (χ3v) is 7.91. The van der Waals surface area contributed by atoms with Crippen molar-refractivity contribution in [3.05, 3.63) is 47.5 Å². The van der Waals surface area contributed by atoms with Gasteiger partial charge in [-0.15, -0.1) is 0 Å². The molecule has 0 aromatic heterocycles. The predicted molar refractivity (Wildman–Crippen MR) is 162 cm³/mol. The summed E-state index contributed by atoms with van der Waals surface area (Å²) < 4.78 is 17.3. The molecule has 4 amide bonds. The molecule has 44 heavy (non-hydrogen) atoms. The topological polar surface area (TPSA) is 156 Å². The molecule has 1 heterocycles. The maximum atomic E-state index is 13.4. The van der Waals surface area contributed by atoms with Crippen LogP contribution >= 0.6 is 0 Å². The Morgan fingerprint density at radius 3 is 2.43 bits per heavy atom. The molecule has 238 valence electrons. The molecule has 1 fully saturated rings. The van der Waals surface area contributed by atoms with Crippen molar-refractivity contribution in [2.45, 2.75) is 58.2 Å². The number of carbonyl (C=O) groups is 4. The van der Waals surface area contributed by atoms with Crippen LogP contribution in [0.15, 0.2) is 36.4 Å². The van der Waals surface area contributed by atoms with E-state index < -0.39 is 24.0 Å². The van der Waals surface area contributed by atoms with Crippen LogP contribution in [0.3, 0.4) is 0 Å². The van der Waals surface area contributed by atoms with Crippen LogP contribution in [0.5, 0.6) is 23.0 Å². The second kappa shape index (κ2) is 14.9. The molecule has 1 aliphatic heterocycles. The number of fused-ring (bicyclic) bond motifs is 3. The molecule has 1 saturated carbocycles. The van der Waals surface area contributed by atoms with Gasteiger partial charge in [0.25, 0.3) is 5.91 Å². The van der Waals surface area contributed by atoms with Gasteiger partial charge in [-0.2, -0.15) is 0 Å². The molecule has 2 bridgehead atoms. The number of amides is 4. The number of nitrogens with zero attached hydrogens (tertiary/aromatic N) is 1. The number of nitrogens with one attached hydrogen (secondary N) is 3. The lowest BCUT2D eigenvalue weighted by Crippen LogP contribution is -2.53. The summed E-state index contributed by atoms with van der Waals surface area (Å²) >= 11 is 0. The summed E-state index contributed by atoms with van der Waals surface area (Å²) in [5, 5.41) is 18.3. The van der Waals surface area contributed by atoms with Gasteiger partial charge < -0.3 is 40.2 Å². The van der Waals surface area contributed by atoms with Gasteiger partial charge in [0.2, 0.25) is 17.7 Å². The van der Waals surface area contributed by atoms with Crippen LogP contribution < -0.4 is 30.2 Å². The molecule has 2 aromatic rings. The van der Waals surface area contributed by atoms with E-state index in [2.05, 4.69) is 16.0 Å². The number of ether oxygens (including phenoxy) is 3. The first kappa shape index (κ1) is 32.6. The Bertz CT molecular complexity index is 1360. The lowest BCUT2D eigenvalue weighted by atomic mass is 9.81. The Morgan fingerprint density at radius 2 is 1.75 bits per heavy atom. The Morgan fingerprint density at radius 1 is 1.00 bits per heavy atom. The van der Waals surface area contributed by atoms with Gasteiger partial charge in [-0.1, -0.05) is 19.9 Å². The molecule has 12 nitrogen and oxygen atoms in total. The van der Waals surface area contributed by atoms with Gasteiger partial charge in [-0.3, -0.25) is 19.2 Å². The van der Waals surface area contributed by atoms with Crippen LogP contribution in [-0.4, -0.2) is 79.6 Å². The second-order valence-electron chi connectivity index (χ2n) is 11.5. The molecule has 0 unspecified atom stereocenters. The third kappa shape index (κ3) is 7.98. The molecule has 4 N–H and O–H groups in total. The smallest absolute Gasteiger partial charge is 0.251 e. The number of hydrogen-bond acceptors (Lipinski definition) is 8. The Hall–Kier alpha value is -4.32. The zero-order valence-corrected chi connectivity index (χ0v) is 25.7. The monoisotopic (exact) mass is 610 g/mol. The van der Waals surface area contributed by atoms with E-state index in [1.165, 1.54) is 19.1 Å². The zero-order chi connectivity index (χ0) is 31.8. The van der Waals surface area contributed by atoms with Crippen LogP contribution in [0.4, 0.5) is 0 Å². The number of aliphatic hydroxyl groups excluding tert-OH is 1. The molecule has 12 heteroatoms. The minimum absolute atomic E-state index is 0.0222. The molecule has 2 aromatic carbocycles. The SMILES string of the molecule is COc1ccc2cc1Oc1cccc(OC)c1CNC(=O)[C@@H](C(C)C)NC(=O)CN(C(=O)C1CC(O)C1)CCCCNC2=O. The maximum absolute atomic E-state index is 13.4. The van der Waals surface area contributed by atoms with E-state index in [0.29, 0.717) is 72.9 Å². The number of aliphatic hydroxyl groups is 1. The van der Waals surface area contributed by atoms with Gasteiger partial charge in [0.05, 0.1) is 39.0 Å². The lowest BCUT2D eigenvalue weighted by molar-refractivity contribution is -0.145. The summed E-state index contributed by atoms with van der Waals surface area (Å²) in [4.78, 5) is 54.2. The van der Waals surface area contributed by atoms with E-state index in [0.717, 1.165) is 0 Å². The van der Waals surface area contributed by atoms with E-state index in [1.54, 1.807) is 36.4 Å². The van der Waals surface area contributed by atoms with E-state index in [9.17, 15) is 24.3 Å². The first-order valence-electron chi connectivity index (χ1n) is 14.9. The molecule has 2 aliphatic rings. The molecule has 0 spiro atoms. The highest BCUT2D eigenvalue weighted by atomic mass is 16.5. The fourth-order valence-electron chi connectivity index (χ4n) is 5.28. The van der Waals surface area contributed by atoms with Crippen molar-refractivity contribution in [2.24, 2.45) is 11.8 Å². The largest absolute Gasteiger partial charge is 0.496 e. The Kier molecular flexibility index (Phi) is 11.0. The van der Waals surface area contributed by atoms with Crippen molar-refractivity contribution in [3.63, 3.8) is 0 Å². The fraction of sp³-hybridized carbons (Fsp3) is 0.500. The van der Waals surface area contributed by atoms with Gasteiger partial charge in [0, 0.05) is 24.6 Å². The highest BCUT2D eigenvalue weighted by Gasteiger charge is 2.36. The first-order chi connectivity index (χ1) is 21.1. The number of methoxy groups -OCH3 is 2. The minimum Gasteiger partial charge on any atom is -0.496 e. The summed E-state index contributed by atoms with van der Waals surface area (Å²) in [5.74, 6) is -0.380. The van der Waals surface area contributed by atoms with Crippen LogP contribution in [0.25, 0.3) is 0 Å². The molecule has 1 aliphatic carbocycles. The maximum Gasteiger partial charge on any atom is 0.251 e. The number of hydrogen-bond donors (Lipinski definition) is 4. The van der Waals surface area contributed by atoms with Gasteiger partial charge in [0.1, 0.15) is 17.5 Å². The lowest BCUT2D eigenvalue weighted by Gasteiger charge is -2.35. The molecule has 4 rings (SSSR count). The van der Waals surface area contributed by atoms with E-state index in [-0.39, 0.29) is 36.7 Å². The summed E-state index contributed by atoms with van der Waals surface area (Å²) in [5.41, 5.74) is 0.910. The number of benzene rings is 2. The Labute approximate surface area is 257 Å². The molecule has 0 saturated heterocycles. The van der Waals surface area contributed by atoms with Crippen molar-refractivity contribution < 1.29 is 38.5 Å². The van der Waals surface area contributed by atoms with E-state index in [4.69, 9.17) is 14.2 Å². The molecule has 0 radical (unpaired) electrons. The number of carbonyl (C=O) groups excluding carboxylic acids is 4. The van der Waals surface area contributed by atoms with Crippen molar-refractivity contribution in [3.8, 4) is 23.0 Å². The van der Waals surface area contributed by atoms with Crippen molar-refractivity contribution >= 4 is 23.6 Å². The van der Waals surface area contributed by atoms with Crippen LogP contribution in [0, 0.1) is 11.8 Å². The van der Waals surface area contributed by atoms with Crippen LogP contribution in [-0.2, 0) is 20.9 Å². The first-order valence-corrected chi connectivity index (χ1v) is 14.9. The van der Waals surface area contributed by atoms with Gasteiger partial charge in [-0.05, 0) is 61.9 Å². The third-order valence-electron chi connectivity index (χ3n) is 7.91. The summed E-state index contributed by atoms with van der Waals surface area (Å²) in [6, 6.07) is 9.22. The van der Waals surface area contributed by atoms with Gasteiger partial charge in [0.15, 0.2) is 11.5 Å². The van der Waals surface area contributed by atoms with Gasteiger partial charge in [-0.25, -0.2) is 0 Å². The average molecular weight is 611 g/mol. The summed E-state index contributed by atoms with van der Waals surface area (Å²) in [6.45, 7) is 4.11. The second-order valence-corrected chi connectivity index (χ2v) is 11.5. The van der Waals surface area contributed by atoms with E-state index in [1.807, 2.05) is 13.8 Å². The highest BCUT2D eigenvalue weighted by Crippen LogP contribution is 2.37. The zero-order valence-electron chi connectivity index (χ0n) is 25.7. The standard InChI is InChI=1S/C32H42N4O8/c1-19(2)29-31(40)34-17-23-24(42-3)8-7-9-25(23)44-27-16-20(10-11-26(27)43-4)30(39)33-12-5-6-13-36(18-28(38)35-29)32(41)21-14-22(37)15-21/h7-11,16,19,21-22,29,37H,5-6,12-15,17-18H2,1-4H3,(H,33,39)(H,34,40)(H,35,38)/t21?,22?,29-/m1/s1. The molecule has 1 atom stereocenters. The highest BCUT2D eigenvalue weighted by molar-refractivity contribution is 5.95. The summed E-state index contributed by atoms with van der Waals surface area (Å²) in [6.07, 6.45) is 1.32. The van der Waals surface area contributed by atoms with Gasteiger partial charge >= 0.3 is 0 Å².